The summed E-state index contributed by atoms with van der Waals surface area (Å²) in [5.74, 6) is 0. The summed E-state index contributed by atoms with van der Waals surface area (Å²) in [6, 6.07) is 82.1. The molecule has 10 aromatic carbocycles. The van der Waals surface area contributed by atoms with Crippen molar-refractivity contribution in [3.8, 4) is 16.8 Å². The van der Waals surface area contributed by atoms with Crippen molar-refractivity contribution in [1.29, 1.82) is 0 Å². The number of rotatable bonds is 7. The van der Waals surface area contributed by atoms with Crippen LogP contribution in [0.2, 0.25) is 0 Å². The first-order chi connectivity index (χ1) is 30.5. The van der Waals surface area contributed by atoms with Gasteiger partial charge in [0.2, 0.25) is 0 Å². The number of fused-ring (bicyclic) bond motifs is 9. The van der Waals surface area contributed by atoms with E-state index in [4.69, 9.17) is 0 Å². The van der Waals surface area contributed by atoms with Gasteiger partial charge in [-0.25, -0.2) is 0 Å². The van der Waals surface area contributed by atoms with E-state index < -0.39 is 0 Å². The van der Waals surface area contributed by atoms with E-state index in [2.05, 4.69) is 253 Å². The summed E-state index contributed by atoms with van der Waals surface area (Å²) in [4.78, 5) is 4.82. The predicted molar refractivity (Wildman–Crippen MR) is 263 cm³/mol. The van der Waals surface area contributed by atoms with Crippen molar-refractivity contribution in [3.05, 3.63) is 236 Å². The Kier molecular flexibility index (Phi) is 8.20. The lowest BCUT2D eigenvalue weighted by atomic mass is 9.81. The molecule has 0 fully saturated rings. The molecule has 294 valence electrons. The van der Waals surface area contributed by atoms with E-state index >= 15 is 0 Å². The molecule has 0 spiro atoms. The van der Waals surface area contributed by atoms with Gasteiger partial charge in [0, 0.05) is 50.3 Å². The zero-order chi connectivity index (χ0) is 41.4. The lowest BCUT2D eigenvalue weighted by molar-refractivity contribution is 0.661. The third-order valence-corrected chi connectivity index (χ3v) is 13.1. The van der Waals surface area contributed by atoms with Crippen molar-refractivity contribution < 1.29 is 0 Å². The minimum Gasteiger partial charge on any atom is -0.310 e. The maximum atomic E-state index is 2.48. The summed E-state index contributed by atoms with van der Waals surface area (Å²) in [6.07, 6.45) is 0. The van der Waals surface area contributed by atoms with E-state index in [9.17, 15) is 0 Å². The summed E-state index contributed by atoms with van der Waals surface area (Å²) in [6.45, 7) is 4.74. The van der Waals surface area contributed by atoms with Crippen molar-refractivity contribution in [3.63, 3.8) is 0 Å². The number of hydrogen-bond donors (Lipinski definition) is 0. The molecule has 0 N–H and O–H groups in total. The molecule has 0 aliphatic heterocycles. The van der Waals surface area contributed by atoms with Crippen LogP contribution < -0.4 is 9.80 Å². The van der Waals surface area contributed by atoms with Gasteiger partial charge in [0.1, 0.15) is 0 Å². The second kappa shape index (κ2) is 14.1. The van der Waals surface area contributed by atoms with Crippen molar-refractivity contribution in [1.82, 2.24) is 4.57 Å². The van der Waals surface area contributed by atoms with E-state index in [0.29, 0.717) is 0 Å². The number of aromatic nitrogens is 1. The Morgan fingerprint density at radius 1 is 0.355 bits per heavy atom. The molecule has 1 aliphatic carbocycles. The third-order valence-electron chi connectivity index (χ3n) is 13.1. The van der Waals surface area contributed by atoms with Crippen LogP contribution in [0.5, 0.6) is 0 Å². The Morgan fingerprint density at radius 3 is 1.69 bits per heavy atom. The van der Waals surface area contributed by atoms with Crippen LogP contribution in [-0.4, -0.2) is 4.57 Å². The number of hydrogen-bond acceptors (Lipinski definition) is 2. The predicted octanol–water partition coefficient (Wildman–Crippen LogP) is 16.3. The molecule has 3 heteroatoms. The van der Waals surface area contributed by atoms with Gasteiger partial charge in [-0.15, -0.1) is 0 Å². The number of para-hydroxylation sites is 4. The van der Waals surface area contributed by atoms with E-state index in [1.807, 2.05) is 0 Å². The quantitative estimate of drug-likeness (QED) is 0.149. The Balaban J connectivity index is 1.13. The number of nitrogens with zero attached hydrogens (tertiary/aromatic N) is 3. The van der Waals surface area contributed by atoms with Crippen molar-refractivity contribution in [2.75, 3.05) is 9.80 Å². The Hall–Kier alpha value is -7.88. The topological polar surface area (TPSA) is 11.4 Å². The van der Waals surface area contributed by atoms with Crippen LogP contribution in [0.1, 0.15) is 25.0 Å². The third kappa shape index (κ3) is 5.59. The smallest absolute Gasteiger partial charge is 0.0562 e. The average molecular weight is 794 g/mol. The molecule has 0 radical (unpaired) electrons. The first-order valence-electron chi connectivity index (χ1n) is 21.5. The van der Waals surface area contributed by atoms with Crippen LogP contribution in [0.15, 0.2) is 224 Å². The SMILES string of the molecule is CC1(C)c2ccccc2-c2cc3ccc4ccc(N(c5cccc(N(c6ccccc6)c6ccccc6)c5)c5cccc6c5c5ccccc5n6-c5ccccc5)cc4c3cc21. The molecule has 12 rings (SSSR count). The fraction of sp³-hybridized carbons (Fsp3) is 0.0508. The molecule has 0 saturated heterocycles. The van der Waals surface area contributed by atoms with Gasteiger partial charge in [0.15, 0.2) is 0 Å². The fourth-order valence-electron chi connectivity index (χ4n) is 10.2. The zero-order valence-electron chi connectivity index (χ0n) is 34.7. The molecule has 0 bridgehead atoms. The van der Waals surface area contributed by atoms with Crippen LogP contribution in [0, 0.1) is 0 Å². The molecule has 62 heavy (non-hydrogen) atoms. The molecule has 0 amide bonds. The molecule has 11 aromatic rings. The van der Waals surface area contributed by atoms with Gasteiger partial charge in [-0.05, 0) is 141 Å². The standard InChI is InChI=1S/C59H43N3/c1-59(2)53-28-14-12-26-48(53)52-36-41-33-32-40-34-35-47(38-50(40)51(41)39-54(52)59)61(46-25-16-24-45(37-46)60(42-18-6-3-7-19-42)43-20-8-4-9-21-43)56-30-17-31-57-58(56)49-27-13-15-29-55(49)62(57)44-22-10-5-11-23-44/h3-39H,1-2H3. The van der Waals surface area contributed by atoms with Gasteiger partial charge in [-0.1, -0.05) is 141 Å². The van der Waals surface area contributed by atoms with Crippen LogP contribution in [0.3, 0.4) is 0 Å². The largest absolute Gasteiger partial charge is 0.310 e. The summed E-state index contributed by atoms with van der Waals surface area (Å²) in [5.41, 5.74) is 15.4. The van der Waals surface area contributed by atoms with Crippen molar-refractivity contribution in [2.45, 2.75) is 19.3 Å². The Morgan fingerprint density at radius 2 is 0.919 bits per heavy atom. The molecule has 0 saturated carbocycles. The van der Waals surface area contributed by atoms with Gasteiger partial charge in [-0.2, -0.15) is 0 Å². The molecule has 1 aromatic heterocycles. The van der Waals surface area contributed by atoms with Gasteiger partial charge in [-0.3, -0.25) is 0 Å². The van der Waals surface area contributed by atoms with Crippen LogP contribution in [0.25, 0.3) is 60.2 Å². The summed E-state index contributed by atoms with van der Waals surface area (Å²) in [5, 5.41) is 7.41. The minimum absolute atomic E-state index is 0.0989. The number of anilines is 6. The summed E-state index contributed by atoms with van der Waals surface area (Å²) < 4.78 is 2.41. The minimum atomic E-state index is -0.0989. The van der Waals surface area contributed by atoms with Crippen LogP contribution in [-0.2, 0) is 5.41 Å². The molecular weight excluding hydrogens is 751 g/mol. The van der Waals surface area contributed by atoms with Gasteiger partial charge >= 0.3 is 0 Å². The van der Waals surface area contributed by atoms with E-state index in [0.717, 1.165) is 45.3 Å². The molecule has 0 atom stereocenters. The van der Waals surface area contributed by atoms with Crippen molar-refractivity contribution >= 4 is 77.5 Å². The maximum absolute atomic E-state index is 2.48. The average Bonchev–Trinajstić information content (AvgIpc) is 3.78. The normalized spacial score (nSPS) is 12.8. The summed E-state index contributed by atoms with van der Waals surface area (Å²) >= 11 is 0. The second-order valence-electron chi connectivity index (χ2n) is 17.0. The lowest BCUT2D eigenvalue weighted by Crippen LogP contribution is -2.14. The van der Waals surface area contributed by atoms with E-state index in [-0.39, 0.29) is 5.41 Å². The monoisotopic (exact) mass is 793 g/mol. The van der Waals surface area contributed by atoms with E-state index in [1.165, 1.54) is 60.1 Å². The number of benzene rings is 10. The molecule has 1 heterocycles. The maximum Gasteiger partial charge on any atom is 0.0562 e. The zero-order valence-corrected chi connectivity index (χ0v) is 34.7. The first kappa shape index (κ1) is 36.0. The Bertz CT molecular complexity index is 3450. The van der Waals surface area contributed by atoms with Crippen LogP contribution >= 0.6 is 0 Å². The molecule has 1 aliphatic rings. The van der Waals surface area contributed by atoms with Crippen LogP contribution in [0.4, 0.5) is 34.1 Å². The van der Waals surface area contributed by atoms with Crippen molar-refractivity contribution in [2.24, 2.45) is 0 Å². The lowest BCUT2D eigenvalue weighted by Gasteiger charge is -2.30. The summed E-state index contributed by atoms with van der Waals surface area (Å²) in [7, 11) is 0. The highest BCUT2D eigenvalue weighted by molar-refractivity contribution is 6.17. The molecular formula is C59H43N3. The molecule has 3 nitrogen and oxygen atoms in total. The van der Waals surface area contributed by atoms with E-state index in [1.54, 1.807) is 0 Å². The van der Waals surface area contributed by atoms with Gasteiger partial charge < -0.3 is 14.4 Å². The Labute approximate surface area is 362 Å². The van der Waals surface area contributed by atoms with Gasteiger partial charge in [0.25, 0.3) is 0 Å². The second-order valence-corrected chi connectivity index (χ2v) is 17.0. The highest BCUT2D eigenvalue weighted by atomic mass is 15.2. The molecule has 0 unspecified atom stereocenters. The highest BCUT2D eigenvalue weighted by Gasteiger charge is 2.35. The fourth-order valence-corrected chi connectivity index (χ4v) is 10.2. The first-order valence-corrected chi connectivity index (χ1v) is 21.5. The van der Waals surface area contributed by atoms with Gasteiger partial charge in [0.05, 0.1) is 16.7 Å². The highest BCUT2D eigenvalue weighted by Crippen LogP contribution is 2.51.